The van der Waals surface area contributed by atoms with Gasteiger partial charge in [-0.05, 0) is 30.8 Å². The van der Waals surface area contributed by atoms with Crippen LogP contribution in [0.15, 0.2) is 36.4 Å². The number of anilines is 2. The summed E-state index contributed by atoms with van der Waals surface area (Å²) in [7, 11) is 3.13. The first-order valence-electron chi connectivity index (χ1n) is 6.60. The molecule has 0 saturated heterocycles. The standard InChI is InChI=1S/C16H17ClN2O2S/c1-10-6-4-5-7-12(10)18-16(22)19-13-9-14(20-2)11(17)8-15(13)21-3/h4-9H,1-3H3,(H2,18,19,22). The number of aryl methyl sites for hydroxylation is 1. The number of benzene rings is 2. The lowest BCUT2D eigenvalue weighted by molar-refractivity contribution is 0.405. The van der Waals surface area contributed by atoms with E-state index < -0.39 is 0 Å². The highest BCUT2D eigenvalue weighted by molar-refractivity contribution is 7.80. The highest BCUT2D eigenvalue weighted by atomic mass is 35.5. The Labute approximate surface area is 140 Å². The summed E-state index contributed by atoms with van der Waals surface area (Å²) in [4.78, 5) is 0. The summed E-state index contributed by atoms with van der Waals surface area (Å²) in [5, 5.41) is 7.18. The monoisotopic (exact) mass is 336 g/mol. The van der Waals surface area contributed by atoms with Gasteiger partial charge in [-0.25, -0.2) is 0 Å². The molecule has 0 aliphatic heterocycles. The fraction of sp³-hybridized carbons (Fsp3) is 0.188. The number of hydrogen-bond acceptors (Lipinski definition) is 3. The first-order chi connectivity index (χ1) is 10.5. The summed E-state index contributed by atoms with van der Waals surface area (Å²) in [5.74, 6) is 1.13. The number of methoxy groups -OCH3 is 2. The molecule has 6 heteroatoms. The number of rotatable bonds is 4. The normalized spacial score (nSPS) is 10.0. The second-order valence-electron chi connectivity index (χ2n) is 4.58. The van der Waals surface area contributed by atoms with E-state index in [1.54, 1.807) is 26.4 Å². The number of halogens is 1. The molecule has 2 N–H and O–H groups in total. The van der Waals surface area contributed by atoms with Gasteiger partial charge in [0.05, 0.1) is 24.9 Å². The van der Waals surface area contributed by atoms with Gasteiger partial charge in [-0.1, -0.05) is 29.8 Å². The second-order valence-corrected chi connectivity index (χ2v) is 5.40. The van der Waals surface area contributed by atoms with Gasteiger partial charge in [0.2, 0.25) is 0 Å². The van der Waals surface area contributed by atoms with Gasteiger partial charge in [-0.3, -0.25) is 0 Å². The van der Waals surface area contributed by atoms with Crippen molar-refractivity contribution < 1.29 is 9.47 Å². The molecule has 2 aromatic carbocycles. The molecule has 0 aliphatic rings. The first-order valence-corrected chi connectivity index (χ1v) is 7.39. The van der Waals surface area contributed by atoms with Crippen molar-refractivity contribution in [1.82, 2.24) is 0 Å². The fourth-order valence-electron chi connectivity index (χ4n) is 1.95. The number of thiocarbonyl (C=S) groups is 1. The van der Waals surface area contributed by atoms with E-state index >= 15 is 0 Å². The number of para-hydroxylation sites is 1. The zero-order valence-corrected chi connectivity index (χ0v) is 14.1. The van der Waals surface area contributed by atoms with Crippen molar-refractivity contribution >= 4 is 40.3 Å². The van der Waals surface area contributed by atoms with Crippen molar-refractivity contribution in [2.75, 3.05) is 24.9 Å². The lowest BCUT2D eigenvalue weighted by atomic mass is 10.2. The topological polar surface area (TPSA) is 42.5 Å². The molecule has 0 aliphatic carbocycles. The Kier molecular flexibility index (Phi) is 5.46. The molecule has 2 aromatic rings. The molecule has 0 atom stereocenters. The molecular weight excluding hydrogens is 320 g/mol. The largest absolute Gasteiger partial charge is 0.495 e. The Bertz CT molecular complexity index is 692. The van der Waals surface area contributed by atoms with Crippen LogP contribution in [0, 0.1) is 6.92 Å². The van der Waals surface area contributed by atoms with Crippen LogP contribution in [0.25, 0.3) is 0 Å². The van der Waals surface area contributed by atoms with Crippen molar-refractivity contribution in [3.63, 3.8) is 0 Å². The van der Waals surface area contributed by atoms with E-state index in [4.69, 9.17) is 33.3 Å². The van der Waals surface area contributed by atoms with Crippen LogP contribution in [0.5, 0.6) is 11.5 Å². The van der Waals surface area contributed by atoms with Crippen molar-refractivity contribution in [2.45, 2.75) is 6.92 Å². The molecule has 2 rings (SSSR count). The van der Waals surface area contributed by atoms with Gasteiger partial charge in [0, 0.05) is 17.8 Å². The fourth-order valence-corrected chi connectivity index (χ4v) is 2.40. The summed E-state index contributed by atoms with van der Waals surface area (Å²) in [5.41, 5.74) is 2.72. The molecule has 116 valence electrons. The van der Waals surface area contributed by atoms with Gasteiger partial charge in [-0.15, -0.1) is 0 Å². The Morgan fingerprint density at radius 3 is 2.27 bits per heavy atom. The lowest BCUT2D eigenvalue weighted by Crippen LogP contribution is -2.20. The van der Waals surface area contributed by atoms with Gasteiger partial charge in [0.1, 0.15) is 11.5 Å². The average molecular weight is 337 g/mol. The Hall–Kier alpha value is -1.98. The minimum Gasteiger partial charge on any atom is -0.495 e. The number of hydrogen-bond donors (Lipinski definition) is 2. The minimum absolute atomic E-state index is 0.456. The molecule has 0 aromatic heterocycles. The van der Waals surface area contributed by atoms with Crippen molar-refractivity contribution in [1.29, 1.82) is 0 Å². The number of ether oxygens (including phenoxy) is 2. The van der Waals surface area contributed by atoms with Gasteiger partial charge in [-0.2, -0.15) is 0 Å². The summed E-state index contributed by atoms with van der Waals surface area (Å²) in [6.45, 7) is 2.01. The van der Waals surface area contributed by atoms with Crippen molar-refractivity contribution in [2.24, 2.45) is 0 Å². The van der Waals surface area contributed by atoms with Crippen LogP contribution in [0.4, 0.5) is 11.4 Å². The van der Waals surface area contributed by atoms with Gasteiger partial charge < -0.3 is 20.1 Å². The molecule has 0 unspecified atom stereocenters. The molecule has 0 heterocycles. The average Bonchev–Trinajstić information content (AvgIpc) is 2.50. The summed E-state index contributed by atoms with van der Waals surface area (Å²) in [6, 6.07) is 11.3. The van der Waals surface area contributed by atoms with Crippen LogP contribution < -0.4 is 20.1 Å². The summed E-state index contributed by atoms with van der Waals surface area (Å²) >= 11 is 11.4. The molecule has 0 bridgehead atoms. The first kappa shape index (κ1) is 16.4. The van der Waals surface area contributed by atoms with Crippen LogP contribution in [-0.2, 0) is 0 Å². The predicted octanol–water partition coefficient (Wildman–Crippen LogP) is 4.47. The van der Waals surface area contributed by atoms with Gasteiger partial charge in [0.25, 0.3) is 0 Å². The zero-order valence-electron chi connectivity index (χ0n) is 12.6. The maximum Gasteiger partial charge on any atom is 0.175 e. The third kappa shape index (κ3) is 3.81. The molecular formula is C16H17ClN2O2S. The second kappa shape index (κ2) is 7.33. The quantitative estimate of drug-likeness (QED) is 0.806. The predicted molar refractivity (Wildman–Crippen MR) is 95.6 cm³/mol. The zero-order chi connectivity index (χ0) is 16.1. The van der Waals surface area contributed by atoms with Crippen LogP contribution in [0.2, 0.25) is 5.02 Å². The van der Waals surface area contributed by atoms with E-state index in [1.807, 2.05) is 31.2 Å². The highest BCUT2D eigenvalue weighted by Gasteiger charge is 2.11. The molecule has 4 nitrogen and oxygen atoms in total. The van der Waals surface area contributed by atoms with E-state index in [9.17, 15) is 0 Å². The Balaban J connectivity index is 2.19. The van der Waals surface area contributed by atoms with E-state index in [-0.39, 0.29) is 0 Å². The number of nitrogens with one attached hydrogen (secondary N) is 2. The third-order valence-corrected chi connectivity index (χ3v) is 3.61. The van der Waals surface area contributed by atoms with E-state index in [0.29, 0.717) is 27.3 Å². The molecule has 0 radical (unpaired) electrons. The molecule has 0 fully saturated rings. The summed E-state index contributed by atoms with van der Waals surface area (Å²) < 4.78 is 10.5. The van der Waals surface area contributed by atoms with Crippen LogP contribution >= 0.6 is 23.8 Å². The molecule has 22 heavy (non-hydrogen) atoms. The van der Waals surface area contributed by atoms with Crippen LogP contribution in [0.1, 0.15) is 5.56 Å². The molecule has 0 spiro atoms. The SMILES string of the molecule is COc1cc(NC(=S)Nc2ccccc2C)c(OC)cc1Cl. The van der Waals surface area contributed by atoms with Gasteiger partial charge in [0.15, 0.2) is 5.11 Å². The highest BCUT2D eigenvalue weighted by Crippen LogP contribution is 2.35. The van der Waals surface area contributed by atoms with Crippen molar-refractivity contribution in [3.05, 3.63) is 47.0 Å². The van der Waals surface area contributed by atoms with E-state index in [1.165, 1.54) is 0 Å². The smallest absolute Gasteiger partial charge is 0.175 e. The maximum atomic E-state index is 6.09. The van der Waals surface area contributed by atoms with E-state index in [2.05, 4.69) is 10.6 Å². The lowest BCUT2D eigenvalue weighted by Gasteiger charge is -2.16. The maximum absolute atomic E-state index is 6.09. The van der Waals surface area contributed by atoms with Crippen LogP contribution in [0.3, 0.4) is 0 Å². The summed E-state index contributed by atoms with van der Waals surface area (Å²) in [6.07, 6.45) is 0. The van der Waals surface area contributed by atoms with Crippen LogP contribution in [-0.4, -0.2) is 19.3 Å². The minimum atomic E-state index is 0.456. The van der Waals surface area contributed by atoms with Crippen molar-refractivity contribution in [3.8, 4) is 11.5 Å². The van der Waals surface area contributed by atoms with Gasteiger partial charge >= 0.3 is 0 Å². The third-order valence-electron chi connectivity index (χ3n) is 3.12. The molecule has 0 saturated carbocycles. The Morgan fingerprint density at radius 1 is 1.00 bits per heavy atom. The van der Waals surface area contributed by atoms with E-state index in [0.717, 1.165) is 11.3 Å². The molecule has 0 amide bonds. The Morgan fingerprint density at radius 2 is 1.64 bits per heavy atom.